The van der Waals surface area contributed by atoms with Crippen LogP contribution < -0.4 is 65.0 Å². The standard InChI is InChI=1S/C45H46O7P2/c1-9-30-26-40(51-7)44(42(27-30)53(36-18-10-31(46-2)11-19-36)37-20-12-32(47-3)13-21-37)45-41(52-8)28-35(50-6)29-43(45)54(38-22-14-33(48-4)15-23-38)39-24-16-34(49-5)17-25-39/h10-29H,9H2,1-8H3. The molecule has 7 nitrogen and oxygen atoms in total. The minimum atomic E-state index is -1.20. The Morgan fingerprint density at radius 2 is 0.667 bits per heavy atom. The molecule has 0 bridgehead atoms. The lowest BCUT2D eigenvalue weighted by Crippen LogP contribution is -2.27. The first-order valence-electron chi connectivity index (χ1n) is 17.5. The maximum Gasteiger partial charge on any atom is 0.131 e. The Kier molecular flexibility index (Phi) is 12.6. The Morgan fingerprint density at radius 1 is 0.352 bits per heavy atom. The number of methoxy groups -OCH3 is 7. The van der Waals surface area contributed by atoms with Crippen LogP contribution in [0.4, 0.5) is 0 Å². The van der Waals surface area contributed by atoms with Crippen LogP contribution in [0.5, 0.6) is 40.2 Å². The van der Waals surface area contributed by atoms with Gasteiger partial charge in [0.15, 0.2) is 0 Å². The molecule has 6 aromatic carbocycles. The summed E-state index contributed by atoms with van der Waals surface area (Å²) in [5.74, 6) is 5.31. The van der Waals surface area contributed by atoms with Crippen molar-refractivity contribution in [3.63, 3.8) is 0 Å². The first-order chi connectivity index (χ1) is 26.4. The van der Waals surface area contributed by atoms with Crippen molar-refractivity contribution in [1.82, 2.24) is 0 Å². The maximum absolute atomic E-state index is 6.40. The highest BCUT2D eigenvalue weighted by molar-refractivity contribution is 7.80. The number of ether oxygens (including phenoxy) is 7. The number of benzene rings is 6. The van der Waals surface area contributed by atoms with E-state index < -0.39 is 15.8 Å². The Hall–Kier alpha value is -5.22. The minimum absolute atomic E-state index is 0.682. The molecule has 6 aromatic rings. The molecule has 0 N–H and O–H groups in total. The van der Waals surface area contributed by atoms with Gasteiger partial charge in [-0.2, -0.15) is 0 Å². The van der Waals surface area contributed by atoms with E-state index in [1.54, 1.807) is 49.8 Å². The molecule has 0 saturated carbocycles. The monoisotopic (exact) mass is 760 g/mol. The Bertz CT molecular complexity index is 1900. The van der Waals surface area contributed by atoms with Crippen LogP contribution >= 0.6 is 15.8 Å². The lowest BCUT2D eigenvalue weighted by molar-refractivity contribution is 0.395. The summed E-state index contributed by atoms with van der Waals surface area (Å²) in [5, 5.41) is 6.78. The molecule has 0 aromatic heterocycles. The van der Waals surface area contributed by atoms with E-state index in [4.69, 9.17) is 33.2 Å². The second kappa shape index (κ2) is 17.7. The Morgan fingerprint density at radius 3 is 0.963 bits per heavy atom. The molecule has 0 spiro atoms. The third-order valence-electron chi connectivity index (χ3n) is 9.33. The molecule has 0 aliphatic rings. The molecule has 0 fully saturated rings. The molecule has 6 rings (SSSR count). The van der Waals surface area contributed by atoms with Gasteiger partial charge in [-0.3, -0.25) is 0 Å². The average molecular weight is 761 g/mol. The van der Waals surface area contributed by atoms with E-state index in [1.807, 2.05) is 54.6 Å². The highest BCUT2D eigenvalue weighted by Gasteiger charge is 2.31. The van der Waals surface area contributed by atoms with Crippen molar-refractivity contribution in [2.45, 2.75) is 13.3 Å². The molecule has 0 aliphatic heterocycles. The Labute approximate surface area is 321 Å². The van der Waals surface area contributed by atoms with Gasteiger partial charge in [-0.05, 0) is 121 Å². The van der Waals surface area contributed by atoms with E-state index in [2.05, 4.69) is 73.7 Å². The van der Waals surface area contributed by atoms with Crippen LogP contribution in [0.3, 0.4) is 0 Å². The van der Waals surface area contributed by atoms with Gasteiger partial charge < -0.3 is 33.2 Å². The molecule has 0 saturated heterocycles. The van der Waals surface area contributed by atoms with Gasteiger partial charge in [-0.25, -0.2) is 0 Å². The van der Waals surface area contributed by atoms with E-state index in [-0.39, 0.29) is 0 Å². The topological polar surface area (TPSA) is 64.6 Å². The highest BCUT2D eigenvalue weighted by atomic mass is 31.1. The molecular weight excluding hydrogens is 714 g/mol. The van der Waals surface area contributed by atoms with Gasteiger partial charge in [0, 0.05) is 22.5 Å². The second-order valence-corrected chi connectivity index (χ2v) is 16.6. The number of hydrogen-bond donors (Lipinski definition) is 0. The second-order valence-electron chi connectivity index (χ2n) is 12.2. The zero-order valence-corrected chi connectivity index (χ0v) is 33.8. The van der Waals surface area contributed by atoms with E-state index in [9.17, 15) is 0 Å². The molecule has 0 aliphatic carbocycles. The molecule has 278 valence electrons. The quantitative estimate of drug-likeness (QED) is 0.101. The third-order valence-corrected chi connectivity index (χ3v) is 14.3. The zero-order valence-electron chi connectivity index (χ0n) is 32.0. The van der Waals surface area contributed by atoms with Crippen molar-refractivity contribution in [2.75, 3.05) is 49.8 Å². The minimum Gasteiger partial charge on any atom is -0.497 e. The third kappa shape index (κ3) is 7.99. The van der Waals surface area contributed by atoms with Crippen LogP contribution in [0.2, 0.25) is 0 Å². The largest absolute Gasteiger partial charge is 0.497 e. The number of hydrogen-bond acceptors (Lipinski definition) is 7. The van der Waals surface area contributed by atoms with Crippen molar-refractivity contribution in [3.05, 3.63) is 127 Å². The van der Waals surface area contributed by atoms with Gasteiger partial charge in [-0.1, -0.05) is 55.5 Å². The molecule has 0 unspecified atom stereocenters. The van der Waals surface area contributed by atoms with Crippen LogP contribution in [0.25, 0.3) is 11.1 Å². The van der Waals surface area contributed by atoms with Gasteiger partial charge in [0.1, 0.15) is 40.2 Å². The van der Waals surface area contributed by atoms with Gasteiger partial charge in [-0.15, -0.1) is 0 Å². The molecule has 0 atom stereocenters. The van der Waals surface area contributed by atoms with Crippen molar-refractivity contribution < 1.29 is 33.2 Å². The average Bonchev–Trinajstić information content (AvgIpc) is 3.24. The summed E-state index contributed by atoms with van der Waals surface area (Å²) >= 11 is 0. The van der Waals surface area contributed by atoms with Crippen LogP contribution in [0, 0.1) is 0 Å². The first-order valence-corrected chi connectivity index (χ1v) is 20.2. The summed E-state index contributed by atoms with van der Waals surface area (Å²) in [4.78, 5) is 0. The lowest BCUT2D eigenvalue weighted by Gasteiger charge is -2.29. The summed E-state index contributed by atoms with van der Waals surface area (Å²) in [6.07, 6.45) is 0.828. The van der Waals surface area contributed by atoms with Crippen LogP contribution in [0.1, 0.15) is 12.5 Å². The maximum atomic E-state index is 6.40. The summed E-state index contributed by atoms with van der Waals surface area (Å²) in [7, 11) is 9.54. The number of rotatable bonds is 15. The summed E-state index contributed by atoms with van der Waals surface area (Å²) in [6, 6.07) is 42.0. The van der Waals surface area contributed by atoms with Crippen LogP contribution in [-0.4, -0.2) is 49.8 Å². The van der Waals surface area contributed by atoms with Gasteiger partial charge in [0.25, 0.3) is 0 Å². The number of aryl methyl sites for hydroxylation is 1. The fourth-order valence-corrected chi connectivity index (χ4v) is 11.5. The van der Waals surface area contributed by atoms with E-state index in [1.165, 1.54) is 5.56 Å². The van der Waals surface area contributed by atoms with Gasteiger partial charge in [0.2, 0.25) is 0 Å². The summed E-state index contributed by atoms with van der Waals surface area (Å²) in [5.41, 5.74) is 3.08. The predicted molar refractivity (Wildman–Crippen MR) is 225 cm³/mol. The van der Waals surface area contributed by atoms with Crippen molar-refractivity contribution in [1.29, 1.82) is 0 Å². The molecule has 0 radical (unpaired) electrons. The smallest absolute Gasteiger partial charge is 0.131 e. The van der Waals surface area contributed by atoms with Crippen LogP contribution in [-0.2, 0) is 6.42 Å². The van der Waals surface area contributed by atoms with Crippen molar-refractivity contribution in [3.8, 4) is 51.4 Å². The fraction of sp³-hybridized carbons (Fsp3) is 0.200. The highest BCUT2D eigenvalue weighted by Crippen LogP contribution is 2.49. The van der Waals surface area contributed by atoms with Crippen LogP contribution in [0.15, 0.2) is 121 Å². The predicted octanol–water partition coefficient (Wildman–Crippen LogP) is 7.49. The molecule has 0 amide bonds. The van der Waals surface area contributed by atoms with Crippen molar-refractivity contribution in [2.24, 2.45) is 0 Å². The van der Waals surface area contributed by atoms with E-state index in [0.717, 1.165) is 78.1 Å². The summed E-state index contributed by atoms with van der Waals surface area (Å²) < 4.78 is 41.1. The zero-order chi connectivity index (χ0) is 38.2. The molecule has 9 heteroatoms. The SMILES string of the molecule is CCc1cc(OC)c(-c2c(OC)cc(OC)cc2P(c2ccc(OC)cc2)c2ccc(OC)cc2)c(P(c2ccc(OC)cc2)c2ccc(OC)cc2)c1. The van der Waals surface area contributed by atoms with E-state index in [0.29, 0.717) is 11.5 Å². The van der Waals surface area contributed by atoms with Crippen molar-refractivity contribution >= 4 is 47.7 Å². The van der Waals surface area contributed by atoms with Gasteiger partial charge in [0.05, 0.1) is 49.8 Å². The molecule has 0 heterocycles. The molecular formula is C45H46O7P2. The lowest BCUT2D eigenvalue weighted by atomic mass is 10.00. The first kappa shape index (κ1) is 38.5. The summed E-state index contributed by atoms with van der Waals surface area (Å²) in [6.45, 7) is 2.17. The normalized spacial score (nSPS) is 11.0. The van der Waals surface area contributed by atoms with E-state index >= 15 is 0 Å². The Balaban J connectivity index is 1.74. The van der Waals surface area contributed by atoms with Gasteiger partial charge >= 0.3 is 0 Å². The fourth-order valence-electron chi connectivity index (χ4n) is 6.51. The molecule has 54 heavy (non-hydrogen) atoms.